The molecule has 94 valence electrons. The van der Waals surface area contributed by atoms with Gasteiger partial charge >= 0.3 is 0 Å². The molecule has 1 spiro atoms. The summed E-state index contributed by atoms with van der Waals surface area (Å²) in [4.78, 5) is 2.55. The predicted molar refractivity (Wildman–Crippen MR) is 66.4 cm³/mol. The molecule has 1 saturated heterocycles. The smallest absolute Gasteiger partial charge is 0.0508 e. The Morgan fingerprint density at radius 2 is 2.06 bits per heavy atom. The summed E-state index contributed by atoms with van der Waals surface area (Å²) >= 11 is 0. The van der Waals surface area contributed by atoms with Crippen LogP contribution in [0.15, 0.2) is 0 Å². The predicted octanol–water partition coefficient (Wildman–Crippen LogP) is 1.47. The van der Waals surface area contributed by atoms with Gasteiger partial charge in [-0.3, -0.25) is 0 Å². The molecule has 0 aromatic heterocycles. The van der Waals surface area contributed by atoms with Gasteiger partial charge < -0.3 is 15.4 Å². The summed E-state index contributed by atoms with van der Waals surface area (Å²) in [5.41, 5.74) is 6.23. The van der Waals surface area contributed by atoms with Crippen LogP contribution in [-0.2, 0) is 4.74 Å². The molecule has 2 N–H and O–H groups in total. The van der Waals surface area contributed by atoms with Crippen molar-refractivity contribution < 1.29 is 4.74 Å². The van der Waals surface area contributed by atoms with Gasteiger partial charge in [0.05, 0.1) is 6.61 Å². The normalized spacial score (nSPS) is 30.0. The van der Waals surface area contributed by atoms with Crippen LogP contribution in [-0.4, -0.2) is 44.8 Å². The Balaban J connectivity index is 2.01. The molecular weight excluding hydrogens is 200 g/mol. The van der Waals surface area contributed by atoms with Gasteiger partial charge in [-0.25, -0.2) is 0 Å². The molecule has 2 aliphatic rings. The van der Waals surface area contributed by atoms with Crippen LogP contribution in [0.25, 0.3) is 0 Å². The van der Waals surface area contributed by atoms with Gasteiger partial charge in [-0.05, 0) is 18.3 Å². The van der Waals surface area contributed by atoms with Gasteiger partial charge in [0.25, 0.3) is 0 Å². The molecule has 2 fully saturated rings. The highest BCUT2D eigenvalue weighted by Crippen LogP contribution is 2.47. The highest BCUT2D eigenvalue weighted by atomic mass is 16.5. The van der Waals surface area contributed by atoms with Gasteiger partial charge in [-0.2, -0.15) is 0 Å². The zero-order chi connectivity index (χ0) is 11.4. The third-order valence-electron chi connectivity index (χ3n) is 4.55. The van der Waals surface area contributed by atoms with Crippen LogP contribution >= 0.6 is 0 Å². The Kier molecular flexibility index (Phi) is 4.22. The second-order valence-corrected chi connectivity index (χ2v) is 5.60. The molecule has 0 aromatic carbocycles. The summed E-state index contributed by atoms with van der Waals surface area (Å²) in [6, 6.07) is 0. The summed E-state index contributed by atoms with van der Waals surface area (Å²) in [5.74, 6) is 0.740. The fourth-order valence-corrected chi connectivity index (χ4v) is 3.75. The number of likely N-dealkylation sites (tertiary alicyclic amines) is 1. The molecule has 16 heavy (non-hydrogen) atoms. The number of rotatable bonds is 4. The number of ether oxygens (including phenoxy) is 1. The number of nitrogens with two attached hydrogens (primary N) is 1. The molecule has 0 amide bonds. The molecule has 1 atom stereocenters. The van der Waals surface area contributed by atoms with E-state index in [9.17, 15) is 0 Å². The minimum Gasteiger partial charge on any atom is -0.384 e. The van der Waals surface area contributed by atoms with Gasteiger partial charge in [-0.1, -0.05) is 19.3 Å². The molecule has 0 bridgehead atoms. The number of nitrogens with zero attached hydrogens (tertiary/aromatic N) is 1. The first-order valence-corrected chi connectivity index (χ1v) is 6.72. The molecule has 0 radical (unpaired) electrons. The van der Waals surface area contributed by atoms with E-state index in [1.807, 2.05) is 7.11 Å². The molecule has 1 unspecified atom stereocenters. The molecule has 3 heteroatoms. The van der Waals surface area contributed by atoms with Crippen LogP contribution in [0.5, 0.6) is 0 Å². The zero-order valence-electron chi connectivity index (χ0n) is 10.6. The SMILES string of the molecule is COCC1CN(CCN)CC12CCCCC2. The van der Waals surface area contributed by atoms with Gasteiger partial charge in [0.1, 0.15) is 0 Å². The van der Waals surface area contributed by atoms with Crippen molar-refractivity contribution in [3.05, 3.63) is 0 Å². The fraction of sp³-hybridized carbons (Fsp3) is 1.00. The Bertz CT molecular complexity index is 214. The van der Waals surface area contributed by atoms with E-state index in [1.165, 1.54) is 45.2 Å². The van der Waals surface area contributed by atoms with Crippen LogP contribution in [0.2, 0.25) is 0 Å². The fourth-order valence-electron chi connectivity index (χ4n) is 3.75. The van der Waals surface area contributed by atoms with Crippen molar-refractivity contribution >= 4 is 0 Å². The van der Waals surface area contributed by atoms with E-state index in [4.69, 9.17) is 10.5 Å². The molecule has 1 aliphatic heterocycles. The minimum absolute atomic E-state index is 0.559. The Morgan fingerprint density at radius 1 is 1.31 bits per heavy atom. The lowest BCUT2D eigenvalue weighted by Crippen LogP contribution is -2.35. The van der Waals surface area contributed by atoms with Crippen molar-refractivity contribution in [2.75, 3.05) is 39.9 Å². The molecule has 3 nitrogen and oxygen atoms in total. The lowest BCUT2D eigenvalue weighted by atomic mass is 9.68. The lowest BCUT2D eigenvalue weighted by molar-refractivity contribution is 0.0666. The second kappa shape index (κ2) is 5.48. The summed E-state index contributed by atoms with van der Waals surface area (Å²) < 4.78 is 5.42. The summed E-state index contributed by atoms with van der Waals surface area (Å²) in [6.45, 7) is 5.24. The van der Waals surface area contributed by atoms with E-state index in [2.05, 4.69) is 4.90 Å². The standard InChI is InChI=1S/C13H26N2O/c1-16-10-12-9-15(8-7-14)11-13(12)5-3-2-4-6-13/h12H,2-11,14H2,1H3. The Labute approximate surface area is 99.3 Å². The zero-order valence-corrected chi connectivity index (χ0v) is 10.6. The van der Waals surface area contributed by atoms with Gasteiger partial charge in [-0.15, -0.1) is 0 Å². The third-order valence-corrected chi connectivity index (χ3v) is 4.55. The van der Waals surface area contributed by atoms with Crippen LogP contribution in [0.4, 0.5) is 0 Å². The van der Waals surface area contributed by atoms with Crippen LogP contribution in [0.3, 0.4) is 0 Å². The summed E-state index contributed by atoms with van der Waals surface area (Å²) in [7, 11) is 1.84. The van der Waals surface area contributed by atoms with Crippen molar-refractivity contribution in [2.24, 2.45) is 17.1 Å². The first kappa shape index (κ1) is 12.3. The van der Waals surface area contributed by atoms with Gasteiger partial charge in [0, 0.05) is 39.2 Å². The van der Waals surface area contributed by atoms with Crippen molar-refractivity contribution in [1.29, 1.82) is 0 Å². The number of methoxy groups -OCH3 is 1. The first-order chi connectivity index (χ1) is 7.80. The van der Waals surface area contributed by atoms with E-state index in [-0.39, 0.29) is 0 Å². The summed E-state index contributed by atoms with van der Waals surface area (Å²) in [5, 5.41) is 0. The van der Waals surface area contributed by atoms with Crippen molar-refractivity contribution in [3.63, 3.8) is 0 Å². The van der Waals surface area contributed by atoms with E-state index in [0.29, 0.717) is 5.41 Å². The van der Waals surface area contributed by atoms with Crippen LogP contribution in [0, 0.1) is 11.3 Å². The molecule has 2 rings (SSSR count). The highest BCUT2D eigenvalue weighted by molar-refractivity contribution is 4.98. The number of hydrogen-bond donors (Lipinski definition) is 1. The van der Waals surface area contributed by atoms with Gasteiger partial charge in [0.2, 0.25) is 0 Å². The Morgan fingerprint density at radius 3 is 2.69 bits per heavy atom. The van der Waals surface area contributed by atoms with E-state index in [0.717, 1.165) is 25.6 Å². The van der Waals surface area contributed by atoms with E-state index >= 15 is 0 Å². The maximum absolute atomic E-state index is 5.67. The van der Waals surface area contributed by atoms with Crippen LogP contribution in [0.1, 0.15) is 32.1 Å². The molecular formula is C13H26N2O. The van der Waals surface area contributed by atoms with Crippen molar-refractivity contribution in [1.82, 2.24) is 4.90 Å². The summed E-state index contributed by atoms with van der Waals surface area (Å²) in [6.07, 6.45) is 7.07. The van der Waals surface area contributed by atoms with E-state index in [1.54, 1.807) is 0 Å². The largest absolute Gasteiger partial charge is 0.384 e. The lowest BCUT2D eigenvalue weighted by Gasteiger charge is -2.38. The molecule has 1 heterocycles. The average molecular weight is 226 g/mol. The maximum Gasteiger partial charge on any atom is 0.0508 e. The third kappa shape index (κ3) is 2.41. The van der Waals surface area contributed by atoms with Crippen molar-refractivity contribution in [2.45, 2.75) is 32.1 Å². The highest BCUT2D eigenvalue weighted by Gasteiger charge is 2.46. The Hall–Kier alpha value is -0.120. The van der Waals surface area contributed by atoms with Crippen LogP contribution < -0.4 is 5.73 Å². The van der Waals surface area contributed by atoms with Crippen molar-refractivity contribution in [3.8, 4) is 0 Å². The topological polar surface area (TPSA) is 38.5 Å². The molecule has 1 saturated carbocycles. The minimum atomic E-state index is 0.559. The maximum atomic E-state index is 5.67. The first-order valence-electron chi connectivity index (χ1n) is 6.72. The quantitative estimate of drug-likeness (QED) is 0.789. The number of hydrogen-bond acceptors (Lipinski definition) is 3. The second-order valence-electron chi connectivity index (χ2n) is 5.60. The average Bonchev–Trinajstić information content (AvgIpc) is 2.59. The van der Waals surface area contributed by atoms with E-state index < -0.39 is 0 Å². The molecule has 1 aliphatic carbocycles. The molecule has 0 aromatic rings. The van der Waals surface area contributed by atoms with Gasteiger partial charge in [0.15, 0.2) is 0 Å². The monoisotopic (exact) mass is 226 g/mol.